The molecular weight excluding hydrogens is 352 g/mol. The molecule has 0 aliphatic heterocycles. The van der Waals surface area contributed by atoms with Gasteiger partial charge in [0.2, 0.25) is 0 Å². The molecule has 0 N–H and O–H groups in total. The minimum atomic E-state index is -0.370. The first-order chi connectivity index (χ1) is 13.5. The van der Waals surface area contributed by atoms with Gasteiger partial charge in [-0.25, -0.2) is 4.79 Å². The van der Waals surface area contributed by atoms with Gasteiger partial charge in [-0.2, -0.15) is 0 Å². The van der Waals surface area contributed by atoms with Crippen LogP contribution in [0.3, 0.4) is 0 Å². The lowest BCUT2D eigenvalue weighted by Gasteiger charge is -2.11. The summed E-state index contributed by atoms with van der Waals surface area (Å²) in [6, 6.07) is 17.2. The van der Waals surface area contributed by atoms with Gasteiger partial charge in [0.05, 0.1) is 25.0 Å². The maximum atomic E-state index is 11.7. The topological polar surface area (TPSA) is 52.8 Å². The van der Waals surface area contributed by atoms with Crippen LogP contribution in [0.25, 0.3) is 5.69 Å². The van der Waals surface area contributed by atoms with E-state index in [0.717, 1.165) is 28.4 Å². The zero-order valence-corrected chi connectivity index (χ0v) is 16.6. The van der Waals surface area contributed by atoms with Crippen molar-refractivity contribution in [3.05, 3.63) is 77.1 Å². The van der Waals surface area contributed by atoms with Crippen molar-refractivity contribution in [1.82, 2.24) is 4.57 Å². The third kappa shape index (κ3) is 4.14. The molecule has 0 aliphatic rings. The number of aromatic nitrogens is 1. The molecule has 1 aromatic heterocycles. The summed E-state index contributed by atoms with van der Waals surface area (Å²) in [5, 5.41) is 0. The van der Waals surface area contributed by atoms with Crippen LogP contribution >= 0.6 is 0 Å². The third-order valence-electron chi connectivity index (χ3n) is 4.50. The molecule has 5 heteroatoms. The second-order valence-corrected chi connectivity index (χ2v) is 6.39. The van der Waals surface area contributed by atoms with Crippen LogP contribution in [0.1, 0.15) is 34.2 Å². The number of esters is 1. The number of aliphatic imine (C=N–C) groups is 1. The quantitative estimate of drug-likeness (QED) is 0.448. The predicted molar refractivity (Wildman–Crippen MR) is 111 cm³/mol. The Morgan fingerprint density at radius 1 is 1.11 bits per heavy atom. The average Bonchev–Trinajstić information content (AvgIpc) is 3.00. The minimum absolute atomic E-state index is 0.370. The Morgan fingerprint density at radius 3 is 2.54 bits per heavy atom. The van der Waals surface area contributed by atoms with Crippen molar-refractivity contribution in [3.8, 4) is 11.4 Å². The van der Waals surface area contributed by atoms with E-state index in [1.54, 1.807) is 18.2 Å². The van der Waals surface area contributed by atoms with E-state index in [0.29, 0.717) is 17.9 Å². The number of carbonyl (C=O) groups is 1. The van der Waals surface area contributed by atoms with Gasteiger partial charge in [0.1, 0.15) is 5.75 Å². The van der Waals surface area contributed by atoms with Crippen LogP contribution < -0.4 is 4.74 Å². The summed E-state index contributed by atoms with van der Waals surface area (Å²) in [5.41, 5.74) is 5.49. The number of ether oxygens (including phenoxy) is 2. The van der Waals surface area contributed by atoms with Crippen LogP contribution in [-0.2, 0) is 4.74 Å². The average molecular weight is 376 g/mol. The number of aryl methyl sites for hydroxylation is 1. The fraction of sp³-hybridized carbons (Fsp3) is 0.217. The first kappa shape index (κ1) is 19.4. The number of hydrogen-bond acceptors (Lipinski definition) is 4. The van der Waals surface area contributed by atoms with E-state index in [4.69, 9.17) is 9.47 Å². The van der Waals surface area contributed by atoms with Crippen LogP contribution in [0.5, 0.6) is 5.75 Å². The van der Waals surface area contributed by atoms with Crippen molar-refractivity contribution in [3.63, 3.8) is 0 Å². The highest BCUT2D eigenvalue weighted by Gasteiger charge is 2.10. The molecule has 0 amide bonds. The van der Waals surface area contributed by atoms with E-state index < -0.39 is 0 Å². The molecule has 0 spiro atoms. The van der Waals surface area contributed by atoms with Crippen molar-refractivity contribution in [2.75, 3.05) is 13.7 Å². The van der Waals surface area contributed by atoms with Crippen LogP contribution in [0, 0.1) is 13.8 Å². The van der Waals surface area contributed by atoms with E-state index in [9.17, 15) is 4.79 Å². The fourth-order valence-electron chi connectivity index (χ4n) is 3.15. The predicted octanol–water partition coefficient (Wildman–Crippen LogP) is 5.03. The molecule has 3 aromatic rings. The van der Waals surface area contributed by atoms with Gasteiger partial charge in [-0.15, -0.1) is 0 Å². The standard InChI is InChI=1S/C23H24N2O3/c1-5-28-22-11-9-21(10-12-22)25-16(2)13-19(17(25)3)15-24-20-8-6-7-18(14-20)23(26)27-4/h6-15H,5H2,1-4H3. The molecule has 3 rings (SSSR count). The van der Waals surface area contributed by atoms with Gasteiger partial charge in [0.25, 0.3) is 0 Å². The van der Waals surface area contributed by atoms with Crippen LogP contribution in [0.15, 0.2) is 59.6 Å². The van der Waals surface area contributed by atoms with Crippen molar-refractivity contribution >= 4 is 17.9 Å². The Labute approximate surface area is 165 Å². The van der Waals surface area contributed by atoms with E-state index in [1.807, 2.05) is 43.5 Å². The van der Waals surface area contributed by atoms with Crippen LogP contribution in [0.2, 0.25) is 0 Å². The molecule has 0 atom stereocenters. The van der Waals surface area contributed by atoms with E-state index in [1.165, 1.54) is 7.11 Å². The smallest absolute Gasteiger partial charge is 0.337 e. The van der Waals surface area contributed by atoms with E-state index in [2.05, 4.69) is 29.5 Å². The van der Waals surface area contributed by atoms with Gasteiger partial charge in [-0.1, -0.05) is 6.07 Å². The van der Waals surface area contributed by atoms with Crippen molar-refractivity contribution < 1.29 is 14.3 Å². The highest BCUT2D eigenvalue weighted by Crippen LogP contribution is 2.23. The van der Waals surface area contributed by atoms with E-state index in [-0.39, 0.29) is 5.97 Å². The van der Waals surface area contributed by atoms with Crippen molar-refractivity contribution in [2.24, 2.45) is 4.99 Å². The number of methoxy groups -OCH3 is 1. The monoisotopic (exact) mass is 376 g/mol. The molecule has 0 aliphatic carbocycles. The Morgan fingerprint density at radius 2 is 1.86 bits per heavy atom. The molecule has 2 aromatic carbocycles. The first-order valence-electron chi connectivity index (χ1n) is 9.18. The van der Waals surface area contributed by atoms with E-state index >= 15 is 0 Å². The SMILES string of the molecule is CCOc1ccc(-n2c(C)cc(C=Nc3cccc(C(=O)OC)c3)c2C)cc1. The molecule has 0 radical (unpaired) electrons. The zero-order valence-electron chi connectivity index (χ0n) is 16.6. The highest BCUT2D eigenvalue weighted by atomic mass is 16.5. The molecule has 144 valence electrons. The van der Waals surface area contributed by atoms with Crippen LogP contribution in [-0.4, -0.2) is 30.5 Å². The molecule has 0 fully saturated rings. The van der Waals surface area contributed by atoms with Gasteiger partial charge < -0.3 is 14.0 Å². The Kier molecular flexibility index (Phi) is 5.94. The summed E-state index contributed by atoms with van der Waals surface area (Å²) in [4.78, 5) is 16.2. The maximum Gasteiger partial charge on any atom is 0.337 e. The number of hydrogen-bond donors (Lipinski definition) is 0. The fourth-order valence-corrected chi connectivity index (χ4v) is 3.15. The molecule has 1 heterocycles. The molecule has 0 bridgehead atoms. The van der Waals surface area contributed by atoms with Gasteiger partial charge in [0.15, 0.2) is 0 Å². The minimum Gasteiger partial charge on any atom is -0.494 e. The molecule has 0 saturated carbocycles. The summed E-state index contributed by atoms with van der Waals surface area (Å²) in [6.45, 7) is 6.76. The zero-order chi connectivity index (χ0) is 20.1. The van der Waals surface area contributed by atoms with Crippen molar-refractivity contribution in [1.29, 1.82) is 0 Å². The number of rotatable bonds is 6. The first-order valence-corrected chi connectivity index (χ1v) is 9.18. The molecule has 0 unspecified atom stereocenters. The second kappa shape index (κ2) is 8.57. The Bertz CT molecular complexity index is 1000. The lowest BCUT2D eigenvalue weighted by molar-refractivity contribution is 0.0601. The maximum absolute atomic E-state index is 11.7. The van der Waals surface area contributed by atoms with Crippen molar-refractivity contribution in [2.45, 2.75) is 20.8 Å². The molecular formula is C23H24N2O3. The molecule has 28 heavy (non-hydrogen) atoms. The van der Waals surface area contributed by atoms with Gasteiger partial charge in [-0.05, 0) is 69.3 Å². The lowest BCUT2D eigenvalue weighted by atomic mass is 10.2. The summed E-state index contributed by atoms with van der Waals surface area (Å²) >= 11 is 0. The normalized spacial score (nSPS) is 11.0. The lowest BCUT2D eigenvalue weighted by Crippen LogP contribution is -2.00. The highest BCUT2D eigenvalue weighted by molar-refractivity contribution is 5.91. The number of benzene rings is 2. The summed E-state index contributed by atoms with van der Waals surface area (Å²) in [7, 11) is 1.37. The van der Waals surface area contributed by atoms with Gasteiger partial charge in [-0.3, -0.25) is 4.99 Å². The largest absolute Gasteiger partial charge is 0.494 e. The van der Waals surface area contributed by atoms with Crippen LogP contribution in [0.4, 0.5) is 5.69 Å². The Hall–Kier alpha value is -3.34. The third-order valence-corrected chi connectivity index (χ3v) is 4.50. The molecule has 0 saturated heterocycles. The Balaban J connectivity index is 1.88. The molecule has 5 nitrogen and oxygen atoms in total. The summed E-state index contributed by atoms with van der Waals surface area (Å²) < 4.78 is 12.5. The van der Waals surface area contributed by atoms with Gasteiger partial charge in [0, 0.05) is 28.9 Å². The van der Waals surface area contributed by atoms with Gasteiger partial charge >= 0.3 is 5.97 Å². The second-order valence-electron chi connectivity index (χ2n) is 6.39. The summed E-state index contributed by atoms with van der Waals surface area (Å²) in [6.07, 6.45) is 1.82. The number of carbonyl (C=O) groups excluding carboxylic acids is 1. The number of nitrogens with zero attached hydrogens (tertiary/aromatic N) is 2. The summed E-state index contributed by atoms with van der Waals surface area (Å²) in [5.74, 6) is 0.492.